The number of pyridine rings is 1. The highest BCUT2D eigenvalue weighted by Gasteiger charge is 2.25. The summed E-state index contributed by atoms with van der Waals surface area (Å²) in [6.07, 6.45) is 9.90. The van der Waals surface area contributed by atoms with Crippen molar-refractivity contribution in [1.29, 1.82) is 0 Å². The second-order valence-electron chi connectivity index (χ2n) is 6.95. The Morgan fingerprint density at radius 2 is 2.08 bits per heavy atom. The molecule has 0 unspecified atom stereocenters. The van der Waals surface area contributed by atoms with Gasteiger partial charge in [-0.15, -0.1) is 10.2 Å². The Bertz CT molecular complexity index is 686. The molecular formula is C19H27N5O. The van der Waals surface area contributed by atoms with Crippen molar-refractivity contribution < 1.29 is 4.79 Å². The lowest BCUT2D eigenvalue weighted by Gasteiger charge is -2.31. The molecule has 25 heavy (non-hydrogen) atoms. The van der Waals surface area contributed by atoms with Gasteiger partial charge in [-0.1, -0.05) is 19.4 Å². The summed E-state index contributed by atoms with van der Waals surface area (Å²) in [5, 5.41) is 8.10. The molecule has 6 nitrogen and oxygen atoms in total. The van der Waals surface area contributed by atoms with Crippen molar-refractivity contribution in [2.45, 2.75) is 45.4 Å². The number of hydrogen-bond acceptors (Lipinski definition) is 4. The fraction of sp³-hybridized carbons (Fsp3) is 0.579. The molecule has 0 atom stereocenters. The minimum atomic E-state index is 0.0548. The van der Waals surface area contributed by atoms with Gasteiger partial charge in [-0.2, -0.15) is 0 Å². The maximum Gasteiger partial charge on any atom is 0.272 e. The summed E-state index contributed by atoms with van der Waals surface area (Å²) in [6, 6.07) is 3.91. The Labute approximate surface area is 149 Å². The van der Waals surface area contributed by atoms with Gasteiger partial charge in [0.05, 0.1) is 0 Å². The third kappa shape index (κ3) is 4.44. The monoisotopic (exact) mass is 341 g/mol. The number of aromatic nitrogens is 4. The first-order valence-corrected chi connectivity index (χ1v) is 9.24. The average Bonchev–Trinajstić information content (AvgIpc) is 3.05. The van der Waals surface area contributed by atoms with Gasteiger partial charge in [-0.3, -0.25) is 9.78 Å². The van der Waals surface area contributed by atoms with Crippen LogP contribution in [0.25, 0.3) is 0 Å². The van der Waals surface area contributed by atoms with Crippen LogP contribution in [-0.4, -0.2) is 43.6 Å². The van der Waals surface area contributed by atoms with Crippen LogP contribution in [-0.2, 0) is 19.9 Å². The molecule has 0 N–H and O–H groups in total. The molecule has 2 aromatic heterocycles. The quantitative estimate of drug-likeness (QED) is 0.810. The molecule has 0 saturated carbocycles. The first kappa shape index (κ1) is 17.6. The van der Waals surface area contributed by atoms with E-state index in [2.05, 4.69) is 22.1 Å². The highest BCUT2D eigenvalue weighted by atomic mass is 16.2. The first-order chi connectivity index (χ1) is 12.2. The number of rotatable bonds is 6. The topological polar surface area (TPSA) is 63.9 Å². The molecule has 0 aromatic carbocycles. The Balaban J connectivity index is 1.52. The van der Waals surface area contributed by atoms with E-state index in [1.807, 2.05) is 34.8 Å². The summed E-state index contributed by atoms with van der Waals surface area (Å²) in [4.78, 5) is 19.0. The molecule has 3 heterocycles. The number of carbonyl (C=O) groups excluding carboxylic acids is 1. The predicted octanol–water partition coefficient (Wildman–Crippen LogP) is 2.65. The molecular weight excluding hydrogens is 314 g/mol. The van der Waals surface area contributed by atoms with Crippen molar-refractivity contribution >= 4 is 5.91 Å². The molecule has 1 amide bonds. The van der Waals surface area contributed by atoms with Crippen LogP contribution in [0, 0.1) is 5.92 Å². The average molecular weight is 341 g/mol. The van der Waals surface area contributed by atoms with Gasteiger partial charge in [0.15, 0.2) is 0 Å². The minimum absolute atomic E-state index is 0.0548. The molecule has 6 heteroatoms. The summed E-state index contributed by atoms with van der Waals surface area (Å²) >= 11 is 0. The number of likely N-dealkylation sites (tertiary alicyclic amines) is 1. The minimum Gasteiger partial charge on any atom is -0.337 e. The van der Waals surface area contributed by atoms with Crippen molar-refractivity contribution in [1.82, 2.24) is 24.6 Å². The van der Waals surface area contributed by atoms with Gasteiger partial charge in [0, 0.05) is 32.8 Å². The summed E-state index contributed by atoms with van der Waals surface area (Å²) in [5.41, 5.74) is 1.77. The summed E-state index contributed by atoms with van der Waals surface area (Å²) in [5.74, 6) is 1.64. The summed E-state index contributed by atoms with van der Waals surface area (Å²) in [6.45, 7) is 3.76. The lowest BCUT2D eigenvalue weighted by molar-refractivity contribution is 0.0683. The Kier molecular flexibility index (Phi) is 5.79. The van der Waals surface area contributed by atoms with Crippen molar-refractivity contribution in [2.75, 3.05) is 13.1 Å². The third-order valence-electron chi connectivity index (χ3n) is 5.04. The van der Waals surface area contributed by atoms with E-state index < -0.39 is 0 Å². The molecule has 0 bridgehead atoms. The molecule has 0 spiro atoms. The zero-order valence-electron chi connectivity index (χ0n) is 15.2. The van der Waals surface area contributed by atoms with Crippen molar-refractivity contribution in [2.24, 2.45) is 13.0 Å². The summed E-state index contributed by atoms with van der Waals surface area (Å²) < 4.78 is 1.97. The standard InChI is InChI=1S/C19H27N5O/c1-3-4-5-16-6-7-17(20-13-16)19(25)24-10-8-15(9-11-24)12-18-22-21-14-23(18)2/h6-7,13-15H,3-5,8-12H2,1-2H3. The van der Waals surface area contributed by atoms with Crippen LogP contribution >= 0.6 is 0 Å². The van der Waals surface area contributed by atoms with Gasteiger partial charge in [0.2, 0.25) is 0 Å². The van der Waals surface area contributed by atoms with Crippen LogP contribution < -0.4 is 0 Å². The van der Waals surface area contributed by atoms with Gasteiger partial charge in [-0.05, 0) is 43.2 Å². The van der Waals surface area contributed by atoms with Gasteiger partial charge < -0.3 is 9.47 Å². The van der Waals surface area contributed by atoms with Gasteiger partial charge in [0.25, 0.3) is 5.91 Å². The fourth-order valence-corrected chi connectivity index (χ4v) is 3.33. The number of hydrogen-bond donors (Lipinski definition) is 0. The molecule has 2 aromatic rings. The van der Waals surface area contributed by atoms with Crippen molar-refractivity contribution in [3.05, 3.63) is 41.7 Å². The number of piperidine rings is 1. The molecule has 134 valence electrons. The lowest BCUT2D eigenvalue weighted by atomic mass is 9.93. The number of aryl methyl sites for hydroxylation is 2. The third-order valence-corrected chi connectivity index (χ3v) is 5.04. The van der Waals surface area contributed by atoms with E-state index >= 15 is 0 Å². The zero-order chi connectivity index (χ0) is 17.6. The SMILES string of the molecule is CCCCc1ccc(C(=O)N2CCC(Cc3nncn3C)CC2)nc1. The maximum absolute atomic E-state index is 12.6. The number of carbonyl (C=O) groups is 1. The Morgan fingerprint density at radius 1 is 1.28 bits per heavy atom. The molecule has 0 aliphatic carbocycles. The van der Waals surface area contributed by atoms with Crippen LogP contribution in [0.15, 0.2) is 24.7 Å². The second kappa shape index (κ2) is 8.23. The first-order valence-electron chi connectivity index (χ1n) is 9.24. The summed E-state index contributed by atoms with van der Waals surface area (Å²) in [7, 11) is 1.98. The maximum atomic E-state index is 12.6. The van der Waals surface area contributed by atoms with Gasteiger partial charge in [-0.25, -0.2) is 0 Å². The van der Waals surface area contributed by atoms with Gasteiger partial charge >= 0.3 is 0 Å². The molecule has 1 aliphatic rings. The van der Waals surface area contributed by atoms with Crippen LogP contribution in [0.1, 0.15) is 54.5 Å². The number of unbranched alkanes of at least 4 members (excludes halogenated alkanes) is 1. The molecule has 3 rings (SSSR count). The molecule has 0 radical (unpaired) electrons. The van der Waals surface area contributed by atoms with E-state index in [0.717, 1.165) is 51.0 Å². The second-order valence-corrected chi connectivity index (χ2v) is 6.95. The van der Waals surface area contributed by atoms with E-state index in [9.17, 15) is 4.79 Å². The van der Waals surface area contributed by atoms with E-state index in [4.69, 9.17) is 0 Å². The normalized spacial score (nSPS) is 15.5. The van der Waals surface area contributed by atoms with Crippen LogP contribution in [0.2, 0.25) is 0 Å². The van der Waals surface area contributed by atoms with Crippen LogP contribution in [0.5, 0.6) is 0 Å². The molecule has 1 saturated heterocycles. The number of nitrogens with zero attached hydrogens (tertiary/aromatic N) is 5. The highest BCUT2D eigenvalue weighted by Crippen LogP contribution is 2.22. The van der Waals surface area contributed by atoms with Gasteiger partial charge in [0.1, 0.15) is 17.8 Å². The number of amides is 1. The Hall–Kier alpha value is -2.24. The van der Waals surface area contributed by atoms with Crippen molar-refractivity contribution in [3.63, 3.8) is 0 Å². The van der Waals surface area contributed by atoms with E-state index in [0.29, 0.717) is 11.6 Å². The lowest BCUT2D eigenvalue weighted by Crippen LogP contribution is -2.39. The van der Waals surface area contributed by atoms with E-state index in [1.165, 1.54) is 12.0 Å². The highest BCUT2D eigenvalue weighted by molar-refractivity contribution is 5.92. The van der Waals surface area contributed by atoms with E-state index in [-0.39, 0.29) is 5.91 Å². The van der Waals surface area contributed by atoms with E-state index in [1.54, 1.807) is 6.33 Å². The smallest absolute Gasteiger partial charge is 0.272 e. The van der Waals surface area contributed by atoms with Crippen LogP contribution in [0.4, 0.5) is 0 Å². The fourth-order valence-electron chi connectivity index (χ4n) is 3.33. The molecule has 1 fully saturated rings. The Morgan fingerprint density at radius 3 is 2.68 bits per heavy atom. The largest absolute Gasteiger partial charge is 0.337 e. The van der Waals surface area contributed by atoms with Crippen LogP contribution in [0.3, 0.4) is 0 Å². The zero-order valence-corrected chi connectivity index (χ0v) is 15.2. The van der Waals surface area contributed by atoms with Crippen molar-refractivity contribution in [3.8, 4) is 0 Å². The molecule has 1 aliphatic heterocycles. The predicted molar refractivity (Wildman–Crippen MR) is 96.2 cm³/mol.